The van der Waals surface area contributed by atoms with Gasteiger partial charge in [0.2, 0.25) is 0 Å². The summed E-state index contributed by atoms with van der Waals surface area (Å²) in [6.45, 7) is 4.07. The van der Waals surface area contributed by atoms with Crippen molar-refractivity contribution in [3.63, 3.8) is 0 Å². The molecule has 3 heteroatoms. The fraction of sp³-hybridized carbons (Fsp3) is 0.600. The molecule has 100 valence electrons. The number of ether oxygens (including phenoxy) is 1. The minimum absolute atomic E-state index is 0.837. The van der Waals surface area contributed by atoms with E-state index in [-0.39, 0.29) is 0 Å². The van der Waals surface area contributed by atoms with Gasteiger partial charge in [-0.25, -0.2) is 0 Å². The van der Waals surface area contributed by atoms with E-state index in [9.17, 15) is 0 Å². The highest BCUT2D eigenvalue weighted by atomic mass is 16.5. The van der Waals surface area contributed by atoms with Gasteiger partial charge in [-0.05, 0) is 56.5 Å². The molecule has 1 aliphatic rings. The summed E-state index contributed by atoms with van der Waals surface area (Å²) in [7, 11) is 2.19. The Labute approximate surface area is 110 Å². The molecule has 0 bridgehead atoms. The highest BCUT2D eigenvalue weighted by molar-refractivity contribution is 5.39. The minimum Gasteiger partial charge on any atom is -0.399 e. The van der Waals surface area contributed by atoms with Crippen molar-refractivity contribution in [3.05, 3.63) is 29.8 Å². The molecular formula is C15H24N2O. The molecule has 1 heterocycles. The Hall–Kier alpha value is -1.06. The van der Waals surface area contributed by atoms with Gasteiger partial charge >= 0.3 is 0 Å². The first-order valence-electron chi connectivity index (χ1n) is 6.85. The van der Waals surface area contributed by atoms with E-state index in [0.29, 0.717) is 0 Å². The zero-order valence-corrected chi connectivity index (χ0v) is 11.3. The Kier molecular flexibility index (Phi) is 5.02. The van der Waals surface area contributed by atoms with Crippen molar-refractivity contribution >= 4 is 5.69 Å². The molecule has 0 aromatic heterocycles. The zero-order chi connectivity index (χ0) is 12.8. The molecule has 0 spiro atoms. The number of rotatable bonds is 5. The van der Waals surface area contributed by atoms with Crippen molar-refractivity contribution in [3.8, 4) is 0 Å². The zero-order valence-electron chi connectivity index (χ0n) is 11.3. The van der Waals surface area contributed by atoms with Gasteiger partial charge in [0.15, 0.2) is 0 Å². The fourth-order valence-electron chi connectivity index (χ4n) is 2.45. The third kappa shape index (κ3) is 4.31. The molecule has 3 nitrogen and oxygen atoms in total. The molecule has 18 heavy (non-hydrogen) atoms. The Balaban J connectivity index is 1.71. The van der Waals surface area contributed by atoms with E-state index in [1.54, 1.807) is 0 Å². The van der Waals surface area contributed by atoms with Gasteiger partial charge in [-0.1, -0.05) is 12.1 Å². The lowest BCUT2D eigenvalue weighted by molar-refractivity contribution is 0.0608. The number of nitrogen functional groups attached to an aromatic ring is 1. The van der Waals surface area contributed by atoms with E-state index in [2.05, 4.69) is 24.1 Å². The van der Waals surface area contributed by atoms with Crippen molar-refractivity contribution in [1.82, 2.24) is 4.90 Å². The molecule has 1 fully saturated rings. The monoisotopic (exact) mass is 248 g/mol. The third-order valence-electron chi connectivity index (χ3n) is 3.69. The molecule has 1 aromatic rings. The van der Waals surface area contributed by atoms with Crippen LogP contribution in [0.4, 0.5) is 5.69 Å². The van der Waals surface area contributed by atoms with Gasteiger partial charge in [-0.15, -0.1) is 0 Å². The van der Waals surface area contributed by atoms with Crippen molar-refractivity contribution in [1.29, 1.82) is 0 Å². The average Bonchev–Trinajstić information content (AvgIpc) is 2.40. The summed E-state index contributed by atoms with van der Waals surface area (Å²) in [4.78, 5) is 2.39. The maximum absolute atomic E-state index is 5.69. The lowest BCUT2D eigenvalue weighted by Crippen LogP contribution is -2.24. The van der Waals surface area contributed by atoms with E-state index in [0.717, 1.165) is 37.9 Å². The predicted octanol–water partition coefficient (Wildman–Crippen LogP) is 2.52. The van der Waals surface area contributed by atoms with E-state index in [1.165, 1.54) is 24.8 Å². The van der Waals surface area contributed by atoms with Crippen molar-refractivity contribution in [2.24, 2.45) is 5.92 Å². The molecule has 0 aliphatic carbocycles. The quantitative estimate of drug-likeness (QED) is 0.814. The molecule has 0 atom stereocenters. The second kappa shape index (κ2) is 6.76. The average molecular weight is 248 g/mol. The molecular weight excluding hydrogens is 224 g/mol. The van der Waals surface area contributed by atoms with Crippen LogP contribution >= 0.6 is 0 Å². The van der Waals surface area contributed by atoms with Gasteiger partial charge in [-0.2, -0.15) is 0 Å². The lowest BCUT2D eigenvalue weighted by atomic mass is 9.96. The van der Waals surface area contributed by atoms with E-state index in [1.807, 2.05) is 12.1 Å². The molecule has 1 aromatic carbocycles. The summed E-state index contributed by atoms with van der Waals surface area (Å²) in [6, 6.07) is 8.17. The largest absolute Gasteiger partial charge is 0.399 e. The number of anilines is 1. The normalized spacial score (nSPS) is 17.2. The third-order valence-corrected chi connectivity index (χ3v) is 3.69. The topological polar surface area (TPSA) is 38.5 Å². The van der Waals surface area contributed by atoms with E-state index >= 15 is 0 Å². The van der Waals surface area contributed by atoms with Crippen LogP contribution in [-0.4, -0.2) is 31.7 Å². The summed E-state index contributed by atoms with van der Waals surface area (Å²) >= 11 is 0. The number of nitrogens with zero attached hydrogens (tertiary/aromatic N) is 1. The summed E-state index contributed by atoms with van der Waals surface area (Å²) in [5.74, 6) is 0.854. The van der Waals surface area contributed by atoms with Crippen LogP contribution in [0.1, 0.15) is 24.8 Å². The van der Waals surface area contributed by atoms with Crippen LogP contribution in [0.2, 0.25) is 0 Å². The van der Waals surface area contributed by atoms with Crippen molar-refractivity contribution in [2.45, 2.75) is 25.8 Å². The number of benzene rings is 1. The first-order valence-corrected chi connectivity index (χ1v) is 6.85. The van der Waals surface area contributed by atoms with Crippen LogP contribution < -0.4 is 5.73 Å². The maximum Gasteiger partial charge on any atom is 0.0468 e. The standard InChI is InChI=1S/C15H24N2O/c1-17(9-6-13-7-10-18-11-8-13)12-14-2-4-15(16)5-3-14/h2-5,13H,6-12,16H2,1H3. The number of hydrogen-bond acceptors (Lipinski definition) is 3. The number of hydrogen-bond donors (Lipinski definition) is 1. The molecule has 0 saturated carbocycles. The van der Waals surface area contributed by atoms with Crippen molar-refractivity contribution in [2.75, 3.05) is 32.5 Å². The Morgan fingerprint density at radius 1 is 1.22 bits per heavy atom. The molecule has 1 aliphatic heterocycles. The fourth-order valence-corrected chi connectivity index (χ4v) is 2.45. The van der Waals surface area contributed by atoms with Crippen molar-refractivity contribution < 1.29 is 4.74 Å². The molecule has 2 rings (SSSR count). The van der Waals surface area contributed by atoms with Gasteiger partial charge in [0.25, 0.3) is 0 Å². The van der Waals surface area contributed by atoms with Crippen LogP contribution in [0, 0.1) is 5.92 Å². The van der Waals surface area contributed by atoms with Gasteiger partial charge in [0.1, 0.15) is 0 Å². The van der Waals surface area contributed by atoms with Gasteiger partial charge < -0.3 is 15.4 Å². The smallest absolute Gasteiger partial charge is 0.0468 e. The van der Waals surface area contributed by atoms with Crippen LogP contribution in [0.5, 0.6) is 0 Å². The Morgan fingerprint density at radius 2 is 1.89 bits per heavy atom. The first-order chi connectivity index (χ1) is 8.74. The predicted molar refractivity (Wildman–Crippen MR) is 75.3 cm³/mol. The van der Waals surface area contributed by atoms with Crippen LogP contribution in [0.3, 0.4) is 0 Å². The summed E-state index contributed by atoms with van der Waals surface area (Å²) < 4.78 is 5.39. The van der Waals surface area contributed by atoms with Gasteiger partial charge in [0, 0.05) is 25.4 Å². The minimum atomic E-state index is 0.837. The summed E-state index contributed by atoms with van der Waals surface area (Å²) in [6.07, 6.45) is 3.75. The summed E-state index contributed by atoms with van der Waals surface area (Å²) in [5.41, 5.74) is 7.86. The second-order valence-electron chi connectivity index (χ2n) is 5.32. The molecule has 0 unspecified atom stereocenters. The summed E-state index contributed by atoms with van der Waals surface area (Å²) in [5, 5.41) is 0. The van der Waals surface area contributed by atoms with Crippen LogP contribution in [0.15, 0.2) is 24.3 Å². The Bertz CT molecular complexity index is 344. The van der Waals surface area contributed by atoms with Gasteiger partial charge in [0.05, 0.1) is 0 Å². The van der Waals surface area contributed by atoms with Crippen LogP contribution in [0.25, 0.3) is 0 Å². The highest BCUT2D eigenvalue weighted by Gasteiger charge is 2.14. The Morgan fingerprint density at radius 3 is 2.56 bits per heavy atom. The second-order valence-corrected chi connectivity index (χ2v) is 5.32. The molecule has 0 radical (unpaired) electrons. The molecule has 0 amide bonds. The first kappa shape index (κ1) is 13.4. The van der Waals surface area contributed by atoms with Gasteiger partial charge in [-0.3, -0.25) is 0 Å². The van der Waals surface area contributed by atoms with Crippen LogP contribution in [-0.2, 0) is 11.3 Å². The molecule has 2 N–H and O–H groups in total. The SMILES string of the molecule is CN(CCC1CCOCC1)Cc1ccc(N)cc1. The molecule has 1 saturated heterocycles. The van der Waals surface area contributed by atoms with E-state index in [4.69, 9.17) is 10.5 Å². The lowest BCUT2D eigenvalue weighted by Gasteiger charge is -2.24. The highest BCUT2D eigenvalue weighted by Crippen LogP contribution is 2.19. The maximum atomic E-state index is 5.69. The number of nitrogens with two attached hydrogens (primary N) is 1. The van der Waals surface area contributed by atoms with E-state index < -0.39 is 0 Å².